The van der Waals surface area contributed by atoms with Gasteiger partial charge in [0, 0.05) is 23.5 Å². The first-order valence-corrected chi connectivity index (χ1v) is 11.5. The first kappa shape index (κ1) is 22.0. The molecule has 34 heavy (non-hydrogen) atoms. The third kappa shape index (κ3) is 4.62. The van der Waals surface area contributed by atoms with E-state index in [1.807, 2.05) is 79.7 Å². The van der Waals surface area contributed by atoms with Crippen LogP contribution in [-0.2, 0) is 5.66 Å². The van der Waals surface area contributed by atoms with Gasteiger partial charge in [-0.05, 0) is 74.2 Å². The maximum atomic E-state index is 11.0. The third-order valence-electron chi connectivity index (χ3n) is 6.10. The Labute approximate surface area is 200 Å². The number of β-amino-alcohol motifs (C(OH)–C–C–N with tert-alkyl or cyclic N) is 1. The van der Waals surface area contributed by atoms with Crippen molar-refractivity contribution in [3.63, 3.8) is 0 Å². The van der Waals surface area contributed by atoms with Crippen LogP contribution in [0, 0.1) is 18.8 Å². The minimum Gasteiger partial charge on any atom is -0.457 e. The van der Waals surface area contributed by atoms with Crippen LogP contribution < -0.4 is 20.7 Å². The normalized spacial score (nSPS) is 23.1. The van der Waals surface area contributed by atoms with Crippen LogP contribution in [0.2, 0.25) is 0 Å². The molecule has 0 spiro atoms. The van der Waals surface area contributed by atoms with Crippen LogP contribution in [0.4, 0.5) is 11.4 Å². The van der Waals surface area contributed by atoms with Crippen LogP contribution in [0.25, 0.3) is 0 Å². The molecule has 2 heterocycles. The Morgan fingerprint density at radius 1 is 1.03 bits per heavy atom. The van der Waals surface area contributed by atoms with E-state index >= 15 is 0 Å². The number of benzene rings is 3. The smallest absolute Gasteiger partial charge is 0.222 e. The third-order valence-corrected chi connectivity index (χ3v) is 6.10. The molecule has 0 bridgehead atoms. The number of aryl methyl sites for hydroxylation is 1. The van der Waals surface area contributed by atoms with E-state index in [2.05, 4.69) is 27.8 Å². The summed E-state index contributed by atoms with van der Waals surface area (Å²) in [5.41, 5.74) is 1.55. The monoisotopic (exact) mass is 452 g/mol. The molecule has 2 aliphatic rings. The summed E-state index contributed by atoms with van der Waals surface area (Å²) in [5.74, 6) is 8.02. The Morgan fingerprint density at radius 3 is 2.65 bits per heavy atom. The van der Waals surface area contributed by atoms with Crippen molar-refractivity contribution >= 4 is 17.7 Å². The van der Waals surface area contributed by atoms with E-state index in [-0.39, 0.29) is 0 Å². The number of hydrogen-bond donors (Lipinski definition) is 4. The molecule has 0 aromatic heterocycles. The molecule has 0 radical (unpaired) electrons. The van der Waals surface area contributed by atoms with E-state index in [0.717, 1.165) is 47.0 Å². The standard InChI is InChI=1S/C28H28N4O2/c1-21-18-22(12-13-26(21)34-23-8-3-2-4-9-23)32-28(16-15-27(33)14-7-17-29-19-27)24-10-5-6-11-25(24)30-20-31-28/h2-6,8-13,18,20,29,32-33H,7,14,17,19H2,1H3,(H,30,31). The number of aliphatic imine (C=N–C) groups is 1. The highest BCUT2D eigenvalue weighted by Gasteiger charge is 2.35. The molecular weight excluding hydrogens is 424 g/mol. The summed E-state index contributed by atoms with van der Waals surface area (Å²) in [5, 5.41) is 21.0. The molecule has 172 valence electrons. The molecule has 4 N–H and O–H groups in total. The van der Waals surface area contributed by atoms with Gasteiger partial charge in [-0.2, -0.15) is 0 Å². The minimum atomic E-state index is -1.08. The summed E-state index contributed by atoms with van der Waals surface area (Å²) in [6, 6.07) is 23.6. The Kier molecular flexibility index (Phi) is 5.97. The predicted octanol–water partition coefficient (Wildman–Crippen LogP) is 4.62. The summed E-state index contributed by atoms with van der Waals surface area (Å²) >= 11 is 0. The molecule has 0 aliphatic carbocycles. The summed E-state index contributed by atoms with van der Waals surface area (Å²) < 4.78 is 6.04. The van der Waals surface area contributed by atoms with Crippen molar-refractivity contribution in [1.82, 2.24) is 5.32 Å². The summed E-state index contributed by atoms with van der Waals surface area (Å²) in [6.07, 6.45) is 3.18. The lowest BCUT2D eigenvalue weighted by molar-refractivity contribution is 0.0734. The van der Waals surface area contributed by atoms with Crippen LogP contribution in [0.5, 0.6) is 11.5 Å². The van der Waals surface area contributed by atoms with E-state index < -0.39 is 11.3 Å². The summed E-state index contributed by atoms with van der Waals surface area (Å²) in [6.45, 7) is 3.36. The maximum absolute atomic E-state index is 11.0. The molecule has 6 nitrogen and oxygen atoms in total. The number of nitrogens with one attached hydrogen (secondary N) is 3. The fourth-order valence-electron chi connectivity index (χ4n) is 4.29. The van der Waals surface area contributed by atoms with Gasteiger partial charge in [0.2, 0.25) is 5.66 Å². The largest absolute Gasteiger partial charge is 0.457 e. The van der Waals surface area contributed by atoms with Gasteiger partial charge in [0.05, 0.1) is 6.34 Å². The second-order valence-electron chi connectivity index (χ2n) is 8.74. The number of rotatable bonds is 4. The summed E-state index contributed by atoms with van der Waals surface area (Å²) in [4.78, 5) is 4.75. The molecule has 3 aromatic rings. The van der Waals surface area contributed by atoms with Crippen molar-refractivity contribution in [3.8, 4) is 23.3 Å². The highest BCUT2D eigenvalue weighted by atomic mass is 16.5. The van der Waals surface area contributed by atoms with Crippen LogP contribution in [-0.4, -0.2) is 30.1 Å². The first-order valence-electron chi connectivity index (χ1n) is 11.5. The number of nitrogens with zero attached hydrogens (tertiary/aromatic N) is 1. The first-order chi connectivity index (χ1) is 16.6. The van der Waals surface area contributed by atoms with Crippen LogP contribution in [0.1, 0.15) is 24.0 Å². The molecule has 0 amide bonds. The quantitative estimate of drug-likeness (QED) is 0.435. The Balaban J connectivity index is 1.49. The van der Waals surface area contributed by atoms with E-state index in [4.69, 9.17) is 9.73 Å². The zero-order chi connectivity index (χ0) is 23.4. The molecule has 1 saturated heterocycles. The number of para-hydroxylation sites is 2. The highest BCUT2D eigenvalue weighted by Crippen LogP contribution is 2.36. The number of fused-ring (bicyclic) bond motifs is 1. The van der Waals surface area contributed by atoms with Crippen molar-refractivity contribution in [2.45, 2.75) is 31.0 Å². The average molecular weight is 453 g/mol. The van der Waals surface area contributed by atoms with Gasteiger partial charge in [-0.15, -0.1) is 0 Å². The van der Waals surface area contributed by atoms with Crippen LogP contribution >= 0.6 is 0 Å². The number of anilines is 2. The van der Waals surface area contributed by atoms with Gasteiger partial charge < -0.3 is 25.8 Å². The second-order valence-corrected chi connectivity index (χ2v) is 8.74. The molecule has 2 aliphatic heterocycles. The lowest BCUT2D eigenvalue weighted by Crippen LogP contribution is -2.45. The molecule has 2 atom stereocenters. The average Bonchev–Trinajstić information content (AvgIpc) is 2.86. The van der Waals surface area contributed by atoms with Crippen molar-refractivity contribution in [2.24, 2.45) is 4.99 Å². The molecule has 5 rings (SSSR count). The molecule has 6 heteroatoms. The van der Waals surface area contributed by atoms with Crippen molar-refractivity contribution < 1.29 is 9.84 Å². The maximum Gasteiger partial charge on any atom is 0.222 e. The van der Waals surface area contributed by atoms with Gasteiger partial charge in [0.15, 0.2) is 0 Å². The zero-order valence-electron chi connectivity index (χ0n) is 19.1. The van der Waals surface area contributed by atoms with Crippen molar-refractivity contribution in [3.05, 3.63) is 83.9 Å². The van der Waals surface area contributed by atoms with Gasteiger partial charge in [0.25, 0.3) is 0 Å². The molecule has 0 saturated carbocycles. The second kappa shape index (κ2) is 9.22. The SMILES string of the molecule is Cc1cc(NC2(C#CC3(O)CCCNC3)N=CNc3ccccc32)ccc1Oc1ccccc1. The summed E-state index contributed by atoms with van der Waals surface area (Å²) in [7, 11) is 0. The predicted molar refractivity (Wildman–Crippen MR) is 136 cm³/mol. The molecule has 3 aromatic carbocycles. The van der Waals surface area contributed by atoms with Crippen LogP contribution in [0.15, 0.2) is 77.8 Å². The van der Waals surface area contributed by atoms with E-state index in [1.54, 1.807) is 6.34 Å². The number of piperidine rings is 1. The highest BCUT2D eigenvalue weighted by molar-refractivity contribution is 5.83. The molecular formula is C28H28N4O2. The van der Waals surface area contributed by atoms with E-state index in [1.165, 1.54) is 0 Å². The zero-order valence-corrected chi connectivity index (χ0v) is 19.1. The minimum absolute atomic E-state index is 0.449. The molecule has 2 unspecified atom stereocenters. The number of aliphatic hydroxyl groups is 1. The van der Waals surface area contributed by atoms with Crippen molar-refractivity contribution in [2.75, 3.05) is 23.7 Å². The van der Waals surface area contributed by atoms with E-state index in [0.29, 0.717) is 13.0 Å². The lowest BCUT2D eigenvalue weighted by atomic mass is 9.91. The Morgan fingerprint density at radius 2 is 1.85 bits per heavy atom. The Hall–Kier alpha value is -3.79. The van der Waals surface area contributed by atoms with Gasteiger partial charge in [-0.25, -0.2) is 4.99 Å². The van der Waals surface area contributed by atoms with Gasteiger partial charge in [0.1, 0.15) is 17.1 Å². The van der Waals surface area contributed by atoms with Gasteiger partial charge in [-0.1, -0.05) is 42.3 Å². The van der Waals surface area contributed by atoms with Crippen LogP contribution in [0.3, 0.4) is 0 Å². The van der Waals surface area contributed by atoms with E-state index in [9.17, 15) is 5.11 Å². The Bertz CT molecular complexity index is 1260. The lowest BCUT2D eigenvalue weighted by Gasteiger charge is -2.33. The topological polar surface area (TPSA) is 77.9 Å². The van der Waals surface area contributed by atoms with Crippen molar-refractivity contribution in [1.29, 1.82) is 0 Å². The molecule has 1 fully saturated rings. The van der Waals surface area contributed by atoms with Gasteiger partial charge >= 0.3 is 0 Å². The van der Waals surface area contributed by atoms with Gasteiger partial charge in [-0.3, -0.25) is 0 Å². The number of ether oxygens (including phenoxy) is 1. The fraction of sp³-hybridized carbons (Fsp3) is 0.250. The number of hydrogen-bond acceptors (Lipinski definition) is 6. The fourth-order valence-corrected chi connectivity index (χ4v) is 4.29.